The summed E-state index contributed by atoms with van der Waals surface area (Å²) in [5.41, 5.74) is 5.98. The number of hydrogen-bond acceptors (Lipinski definition) is 6. The van der Waals surface area contributed by atoms with Crippen LogP contribution in [0.4, 0.5) is 5.82 Å². The van der Waals surface area contributed by atoms with Gasteiger partial charge in [-0.1, -0.05) is 6.92 Å². The van der Waals surface area contributed by atoms with Gasteiger partial charge in [0.1, 0.15) is 5.82 Å². The molecule has 1 heterocycles. The molecule has 22 heavy (non-hydrogen) atoms. The van der Waals surface area contributed by atoms with Crippen LogP contribution in [0.15, 0.2) is 17.3 Å². The number of esters is 1. The van der Waals surface area contributed by atoms with Gasteiger partial charge in [0.25, 0.3) is 0 Å². The van der Waals surface area contributed by atoms with Crippen molar-refractivity contribution in [2.75, 3.05) is 19.0 Å². The van der Waals surface area contributed by atoms with E-state index < -0.39 is 0 Å². The molecule has 0 atom stereocenters. The van der Waals surface area contributed by atoms with Crippen molar-refractivity contribution in [2.45, 2.75) is 32.6 Å². The highest BCUT2D eigenvalue weighted by Crippen LogP contribution is 2.07. The van der Waals surface area contributed by atoms with Crippen molar-refractivity contribution in [2.24, 2.45) is 10.7 Å². The monoisotopic (exact) mass is 306 g/mol. The number of anilines is 1. The SMILES string of the molecule is CCCN=C(N)Nc1ccnc(C(=N)CCCC(=O)OC)n1. The van der Waals surface area contributed by atoms with Crippen LogP contribution in [-0.4, -0.2) is 41.3 Å². The Morgan fingerprint density at radius 3 is 2.95 bits per heavy atom. The fraction of sp³-hybridized carbons (Fsp3) is 0.500. The molecular formula is C14H22N6O2. The molecule has 0 spiro atoms. The molecule has 120 valence electrons. The first-order valence-corrected chi connectivity index (χ1v) is 7.11. The molecule has 0 aliphatic rings. The van der Waals surface area contributed by atoms with Gasteiger partial charge in [-0.05, 0) is 25.3 Å². The summed E-state index contributed by atoms with van der Waals surface area (Å²) in [6.45, 7) is 2.65. The Hall–Kier alpha value is -2.51. The van der Waals surface area contributed by atoms with E-state index >= 15 is 0 Å². The predicted octanol–water partition coefficient (Wildman–Crippen LogP) is 1.32. The van der Waals surface area contributed by atoms with Gasteiger partial charge in [0.05, 0.1) is 12.8 Å². The van der Waals surface area contributed by atoms with Crippen LogP contribution in [0.5, 0.6) is 0 Å². The molecular weight excluding hydrogens is 284 g/mol. The molecule has 0 aromatic carbocycles. The van der Waals surface area contributed by atoms with Crippen LogP contribution >= 0.6 is 0 Å². The Balaban J connectivity index is 2.59. The molecule has 0 amide bonds. The van der Waals surface area contributed by atoms with Gasteiger partial charge in [-0.3, -0.25) is 9.79 Å². The summed E-state index contributed by atoms with van der Waals surface area (Å²) in [5.74, 6) is 0.783. The highest BCUT2D eigenvalue weighted by atomic mass is 16.5. The average Bonchev–Trinajstić information content (AvgIpc) is 2.52. The Kier molecular flexibility index (Phi) is 7.52. The Morgan fingerprint density at radius 2 is 2.27 bits per heavy atom. The molecule has 1 rings (SSSR count). The first kappa shape index (κ1) is 17.5. The van der Waals surface area contributed by atoms with E-state index in [9.17, 15) is 4.79 Å². The van der Waals surface area contributed by atoms with E-state index in [0.717, 1.165) is 6.42 Å². The van der Waals surface area contributed by atoms with E-state index in [2.05, 4.69) is 25.0 Å². The van der Waals surface area contributed by atoms with Gasteiger partial charge in [-0.15, -0.1) is 0 Å². The highest BCUT2D eigenvalue weighted by Gasteiger charge is 2.08. The average molecular weight is 306 g/mol. The lowest BCUT2D eigenvalue weighted by Gasteiger charge is -2.07. The third kappa shape index (κ3) is 6.29. The number of nitrogens with two attached hydrogens (primary N) is 1. The van der Waals surface area contributed by atoms with Gasteiger partial charge in [-0.2, -0.15) is 0 Å². The molecule has 0 saturated carbocycles. The van der Waals surface area contributed by atoms with Crippen molar-refractivity contribution in [1.29, 1.82) is 5.41 Å². The number of nitrogens with one attached hydrogen (secondary N) is 2. The molecule has 0 fully saturated rings. The first-order chi connectivity index (χ1) is 10.6. The van der Waals surface area contributed by atoms with Crippen LogP contribution in [0.2, 0.25) is 0 Å². The molecule has 1 aromatic heterocycles. The second-order valence-electron chi connectivity index (χ2n) is 4.57. The maximum absolute atomic E-state index is 11.0. The number of methoxy groups -OCH3 is 1. The van der Waals surface area contributed by atoms with Crippen molar-refractivity contribution in [3.05, 3.63) is 18.1 Å². The lowest BCUT2D eigenvalue weighted by molar-refractivity contribution is -0.140. The van der Waals surface area contributed by atoms with Gasteiger partial charge < -0.3 is 21.2 Å². The molecule has 0 unspecified atom stereocenters. The summed E-state index contributed by atoms with van der Waals surface area (Å²) in [4.78, 5) is 23.4. The molecule has 8 heteroatoms. The molecule has 0 bridgehead atoms. The normalized spacial score (nSPS) is 11.1. The summed E-state index contributed by atoms with van der Waals surface area (Å²) in [5, 5.41) is 10.8. The topological polar surface area (TPSA) is 126 Å². The third-order valence-corrected chi connectivity index (χ3v) is 2.72. The van der Waals surface area contributed by atoms with Gasteiger partial charge in [0, 0.05) is 19.2 Å². The van der Waals surface area contributed by atoms with Crippen LogP contribution in [0, 0.1) is 5.41 Å². The zero-order valence-corrected chi connectivity index (χ0v) is 12.9. The van der Waals surface area contributed by atoms with Gasteiger partial charge >= 0.3 is 5.97 Å². The van der Waals surface area contributed by atoms with Crippen LogP contribution < -0.4 is 11.1 Å². The third-order valence-electron chi connectivity index (χ3n) is 2.72. The van der Waals surface area contributed by atoms with Crippen LogP contribution in [0.1, 0.15) is 38.4 Å². The van der Waals surface area contributed by atoms with E-state index in [1.807, 2.05) is 6.92 Å². The van der Waals surface area contributed by atoms with Gasteiger partial charge in [0.2, 0.25) is 0 Å². The fourth-order valence-electron chi connectivity index (χ4n) is 1.60. The Morgan fingerprint density at radius 1 is 1.50 bits per heavy atom. The van der Waals surface area contributed by atoms with Crippen LogP contribution in [-0.2, 0) is 9.53 Å². The Bertz CT molecular complexity index is 544. The minimum absolute atomic E-state index is 0.261. The molecule has 8 nitrogen and oxygen atoms in total. The number of carbonyl (C=O) groups is 1. The standard InChI is InChI=1S/C14H22N6O2/c1-3-8-18-14(16)20-11-7-9-17-13(19-11)10(15)5-4-6-12(21)22-2/h7,9,15H,3-6,8H2,1-2H3,(H3,16,17,18,19,20). The minimum Gasteiger partial charge on any atom is -0.469 e. The maximum atomic E-state index is 11.0. The van der Waals surface area contributed by atoms with E-state index in [-0.39, 0.29) is 24.1 Å². The van der Waals surface area contributed by atoms with Crippen LogP contribution in [0.3, 0.4) is 0 Å². The second-order valence-corrected chi connectivity index (χ2v) is 4.57. The highest BCUT2D eigenvalue weighted by molar-refractivity contribution is 5.96. The van der Waals surface area contributed by atoms with Gasteiger partial charge in [0.15, 0.2) is 11.8 Å². The molecule has 0 saturated heterocycles. The number of hydrogen-bond donors (Lipinski definition) is 3. The summed E-state index contributed by atoms with van der Waals surface area (Å²) in [7, 11) is 1.34. The number of carbonyl (C=O) groups excluding carboxylic acids is 1. The molecule has 1 aromatic rings. The summed E-state index contributed by atoms with van der Waals surface area (Å²) in [6.07, 6.45) is 3.65. The molecule has 4 N–H and O–H groups in total. The predicted molar refractivity (Wildman–Crippen MR) is 85.1 cm³/mol. The van der Waals surface area contributed by atoms with E-state index in [4.69, 9.17) is 11.1 Å². The van der Waals surface area contributed by atoms with Crippen molar-refractivity contribution in [1.82, 2.24) is 9.97 Å². The van der Waals surface area contributed by atoms with Crippen LogP contribution in [0.25, 0.3) is 0 Å². The van der Waals surface area contributed by atoms with Crippen molar-refractivity contribution in [3.63, 3.8) is 0 Å². The van der Waals surface area contributed by atoms with E-state index in [1.165, 1.54) is 7.11 Å². The smallest absolute Gasteiger partial charge is 0.305 e. The number of aliphatic imine (C=N–C) groups is 1. The first-order valence-electron chi connectivity index (χ1n) is 7.11. The minimum atomic E-state index is -0.288. The number of aromatic nitrogens is 2. The largest absolute Gasteiger partial charge is 0.469 e. The zero-order chi connectivity index (χ0) is 16.4. The summed E-state index contributed by atoms with van der Waals surface area (Å²) in [6, 6.07) is 1.65. The summed E-state index contributed by atoms with van der Waals surface area (Å²) >= 11 is 0. The number of rotatable bonds is 8. The Labute approximate surface area is 129 Å². The summed E-state index contributed by atoms with van der Waals surface area (Å²) < 4.78 is 4.56. The fourth-order valence-corrected chi connectivity index (χ4v) is 1.60. The maximum Gasteiger partial charge on any atom is 0.305 e. The van der Waals surface area contributed by atoms with Crippen molar-refractivity contribution >= 4 is 23.5 Å². The second kappa shape index (κ2) is 9.43. The molecule has 0 aliphatic heterocycles. The molecule has 0 radical (unpaired) electrons. The van der Waals surface area contributed by atoms with Gasteiger partial charge in [-0.25, -0.2) is 9.97 Å². The quantitative estimate of drug-likeness (QED) is 0.378. The lowest BCUT2D eigenvalue weighted by atomic mass is 10.1. The van der Waals surface area contributed by atoms with Crippen molar-refractivity contribution in [3.8, 4) is 0 Å². The number of guanidine groups is 1. The lowest BCUT2D eigenvalue weighted by Crippen LogP contribution is -2.24. The zero-order valence-electron chi connectivity index (χ0n) is 12.9. The molecule has 0 aliphatic carbocycles. The van der Waals surface area contributed by atoms with E-state index in [1.54, 1.807) is 12.3 Å². The number of nitrogens with zero attached hydrogens (tertiary/aromatic N) is 3. The number of ether oxygens (including phenoxy) is 1. The van der Waals surface area contributed by atoms with E-state index in [0.29, 0.717) is 31.0 Å². The van der Waals surface area contributed by atoms with Crippen molar-refractivity contribution < 1.29 is 9.53 Å².